The van der Waals surface area contributed by atoms with Crippen molar-refractivity contribution in [2.24, 2.45) is 0 Å². The van der Waals surface area contributed by atoms with Gasteiger partial charge in [-0.15, -0.1) is 0 Å². The van der Waals surface area contributed by atoms with Gasteiger partial charge in [0.2, 0.25) is 0 Å². The first-order chi connectivity index (χ1) is 15.1. The van der Waals surface area contributed by atoms with Crippen LogP contribution in [0.5, 0.6) is 0 Å². The molecule has 1 amide bonds. The number of hydrogen-bond acceptors (Lipinski definition) is 6. The lowest BCUT2D eigenvalue weighted by Gasteiger charge is -2.32. The summed E-state index contributed by atoms with van der Waals surface area (Å²) in [4.78, 5) is 15.4. The van der Waals surface area contributed by atoms with Crippen LogP contribution in [0, 0.1) is 6.92 Å². The van der Waals surface area contributed by atoms with Crippen LogP contribution in [0.2, 0.25) is 0 Å². The zero-order valence-electron chi connectivity index (χ0n) is 19.9. The summed E-state index contributed by atoms with van der Waals surface area (Å²) in [7, 11) is 1.45. The molecule has 0 unspecified atom stereocenters. The normalized spacial score (nSPS) is 20.0. The number of ether oxygens (including phenoxy) is 1. The molecule has 0 N–H and O–H groups in total. The standard InChI is InChI=1S/C24H33BN2O4S/c1-16-20(15-29-22(28)27(6)19-9-7-8-10-19)21(26-32-16)17-11-13-18(14-12-17)25-30-23(2,3)24(4,5)31-25/h11-14,19H,7-10,15H2,1-6H3. The molecular formula is C24H33BN2O4S. The van der Waals surface area contributed by atoms with E-state index in [1.54, 1.807) is 4.90 Å². The number of rotatable bonds is 5. The van der Waals surface area contributed by atoms with Crippen LogP contribution >= 0.6 is 11.5 Å². The molecule has 1 aromatic heterocycles. The molecule has 32 heavy (non-hydrogen) atoms. The number of aryl methyl sites for hydroxylation is 1. The highest BCUT2D eigenvalue weighted by Crippen LogP contribution is 2.37. The van der Waals surface area contributed by atoms with E-state index in [-0.39, 0.29) is 23.9 Å². The van der Waals surface area contributed by atoms with Crippen LogP contribution in [0.4, 0.5) is 4.79 Å². The third-order valence-corrected chi connectivity index (χ3v) is 7.99. The van der Waals surface area contributed by atoms with E-state index in [0.717, 1.165) is 40.0 Å². The minimum atomic E-state index is -0.391. The van der Waals surface area contributed by atoms with E-state index >= 15 is 0 Å². The smallest absolute Gasteiger partial charge is 0.444 e. The lowest BCUT2D eigenvalue weighted by molar-refractivity contribution is 0.00578. The van der Waals surface area contributed by atoms with Crippen LogP contribution in [0.3, 0.4) is 0 Å². The Labute approximate surface area is 195 Å². The number of hydrogen-bond donors (Lipinski definition) is 0. The minimum absolute atomic E-state index is 0.229. The van der Waals surface area contributed by atoms with Gasteiger partial charge in [0.25, 0.3) is 0 Å². The van der Waals surface area contributed by atoms with Gasteiger partial charge in [-0.2, -0.15) is 4.37 Å². The lowest BCUT2D eigenvalue weighted by atomic mass is 9.78. The number of aromatic nitrogens is 1. The molecule has 2 aromatic rings. The SMILES string of the molecule is Cc1snc(-c2ccc(B3OC(C)(C)C(C)(C)O3)cc2)c1COC(=O)N(C)C1CCCC1. The number of nitrogens with zero attached hydrogens (tertiary/aromatic N) is 2. The van der Waals surface area contributed by atoms with Gasteiger partial charge in [0.15, 0.2) is 0 Å². The molecule has 0 radical (unpaired) electrons. The highest BCUT2D eigenvalue weighted by Gasteiger charge is 2.51. The van der Waals surface area contributed by atoms with Crippen LogP contribution in [0.15, 0.2) is 24.3 Å². The lowest BCUT2D eigenvalue weighted by Crippen LogP contribution is -2.41. The van der Waals surface area contributed by atoms with Gasteiger partial charge in [-0.05, 0) is 64.5 Å². The fourth-order valence-corrected chi connectivity index (χ4v) is 4.95. The Bertz CT molecular complexity index is 951. The van der Waals surface area contributed by atoms with Crippen molar-refractivity contribution in [1.29, 1.82) is 0 Å². The molecule has 172 valence electrons. The Balaban J connectivity index is 1.45. The van der Waals surface area contributed by atoms with E-state index in [4.69, 9.17) is 14.0 Å². The molecule has 1 aromatic carbocycles. The molecule has 4 rings (SSSR count). The number of amides is 1. The topological polar surface area (TPSA) is 60.9 Å². The summed E-state index contributed by atoms with van der Waals surface area (Å²) in [6.07, 6.45) is 4.23. The maximum Gasteiger partial charge on any atom is 0.494 e. The number of carbonyl (C=O) groups excluding carboxylic acids is 1. The second-order valence-electron chi connectivity index (χ2n) is 9.88. The van der Waals surface area contributed by atoms with E-state index in [9.17, 15) is 4.79 Å². The van der Waals surface area contributed by atoms with Crippen LogP contribution in [-0.2, 0) is 20.7 Å². The van der Waals surface area contributed by atoms with Crippen molar-refractivity contribution in [3.05, 3.63) is 34.7 Å². The quantitative estimate of drug-likeness (QED) is 0.598. The highest BCUT2D eigenvalue weighted by molar-refractivity contribution is 7.06. The van der Waals surface area contributed by atoms with Gasteiger partial charge in [-0.25, -0.2) is 4.79 Å². The Morgan fingerprint density at radius 2 is 1.75 bits per heavy atom. The summed E-state index contributed by atoms with van der Waals surface area (Å²) < 4.78 is 22.6. The van der Waals surface area contributed by atoms with E-state index in [1.165, 1.54) is 24.4 Å². The molecule has 8 heteroatoms. The number of carbonyl (C=O) groups is 1. The fourth-order valence-electron chi connectivity index (χ4n) is 4.24. The van der Waals surface area contributed by atoms with Crippen LogP contribution in [-0.4, -0.2) is 46.8 Å². The van der Waals surface area contributed by atoms with Gasteiger partial charge in [0.1, 0.15) is 6.61 Å². The molecule has 2 fully saturated rings. The van der Waals surface area contributed by atoms with Crippen molar-refractivity contribution in [2.45, 2.75) is 84.2 Å². The van der Waals surface area contributed by atoms with Gasteiger partial charge >= 0.3 is 13.2 Å². The van der Waals surface area contributed by atoms with Crippen LogP contribution in [0.25, 0.3) is 11.3 Å². The van der Waals surface area contributed by atoms with Crippen molar-refractivity contribution in [3.63, 3.8) is 0 Å². The maximum atomic E-state index is 12.5. The van der Waals surface area contributed by atoms with Gasteiger partial charge in [0, 0.05) is 29.1 Å². The maximum absolute atomic E-state index is 12.5. The Kier molecular flexibility index (Phi) is 6.40. The molecule has 1 aliphatic heterocycles. The van der Waals surface area contributed by atoms with Gasteiger partial charge in [0.05, 0.1) is 16.9 Å². The molecule has 0 spiro atoms. The molecule has 1 aliphatic carbocycles. The van der Waals surface area contributed by atoms with Crippen molar-refractivity contribution >= 4 is 30.2 Å². The van der Waals surface area contributed by atoms with Crippen LogP contribution < -0.4 is 5.46 Å². The summed E-state index contributed by atoms with van der Waals surface area (Å²) >= 11 is 1.44. The Morgan fingerprint density at radius 3 is 2.34 bits per heavy atom. The first kappa shape index (κ1) is 23.3. The highest BCUT2D eigenvalue weighted by atomic mass is 32.1. The van der Waals surface area contributed by atoms with Crippen molar-refractivity contribution < 1.29 is 18.8 Å². The van der Waals surface area contributed by atoms with Crippen molar-refractivity contribution in [3.8, 4) is 11.3 Å². The second kappa shape index (κ2) is 8.80. The molecule has 2 aliphatic rings. The van der Waals surface area contributed by atoms with E-state index in [0.29, 0.717) is 6.04 Å². The summed E-state index contributed by atoms with van der Waals surface area (Å²) in [5.74, 6) is 0. The minimum Gasteiger partial charge on any atom is -0.444 e. The zero-order valence-corrected chi connectivity index (χ0v) is 20.8. The summed E-state index contributed by atoms with van der Waals surface area (Å²) in [5.41, 5.74) is 3.06. The summed E-state index contributed by atoms with van der Waals surface area (Å²) in [5, 5.41) is 0. The molecule has 1 saturated heterocycles. The Morgan fingerprint density at radius 1 is 1.16 bits per heavy atom. The van der Waals surface area contributed by atoms with Crippen LogP contribution in [0.1, 0.15) is 63.8 Å². The molecule has 2 heterocycles. The van der Waals surface area contributed by atoms with Gasteiger partial charge < -0.3 is 18.9 Å². The molecule has 1 saturated carbocycles. The average molecular weight is 456 g/mol. The third-order valence-electron chi connectivity index (χ3n) is 7.19. The molecular weight excluding hydrogens is 423 g/mol. The molecule has 6 nitrogen and oxygen atoms in total. The predicted molar refractivity (Wildman–Crippen MR) is 128 cm³/mol. The van der Waals surface area contributed by atoms with Crippen molar-refractivity contribution in [1.82, 2.24) is 9.27 Å². The molecule has 0 bridgehead atoms. The van der Waals surface area contributed by atoms with Gasteiger partial charge in [-0.1, -0.05) is 37.1 Å². The van der Waals surface area contributed by atoms with E-state index < -0.39 is 7.12 Å². The number of benzene rings is 1. The predicted octanol–water partition coefficient (Wildman–Crippen LogP) is 4.93. The molecule has 0 atom stereocenters. The van der Waals surface area contributed by atoms with E-state index in [1.807, 2.05) is 38.2 Å². The largest absolute Gasteiger partial charge is 0.494 e. The monoisotopic (exact) mass is 456 g/mol. The van der Waals surface area contributed by atoms with Gasteiger partial charge in [-0.3, -0.25) is 0 Å². The summed E-state index contributed by atoms with van der Waals surface area (Å²) in [6, 6.07) is 8.41. The Hall–Kier alpha value is -1.90. The van der Waals surface area contributed by atoms with Crippen molar-refractivity contribution in [2.75, 3.05) is 7.05 Å². The fraction of sp³-hybridized carbons (Fsp3) is 0.583. The zero-order chi connectivity index (χ0) is 23.1. The first-order valence-corrected chi connectivity index (χ1v) is 12.2. The summed E-state index contributed by atoms with van der Waals surface area (Å²) in [6.45, 7) is 10.5. The second-order valence-corrected chi connectivity index (χ2v) is 10.9. The van der Waals surface area contributed by atoms with E-state index in [2.05, 4.69) is 32.1 Å². The third kappa shape index (κ3) is 4.45. The first-order valence-electron chi connectivity index (χ1n) is 11.4. The average Bonchev–Trinajstić information content (AvgIpc) is 3.45.